The van der Waals surface area contributed by atoms with Gasteiger partial charge in [0.15, 0.2) is 0 Å². The first-order valence-electron chi connectivity index (χ1n) is 11.2. The van der Waals surface area contributed by atoms with Crippen molar-refractivity contribution in [2.24, 2.45) is 0 Å². The van der Waals surface area contributed by atoms with E-state index in [2.05, 4.69) is 76.5 Å². The largest absolute Gasteiger partial charge is 0.327 e. The molecule has 156 valence electrons. The molecular weight excluding hydrogens is 380 g/mol. The van der Waals surface area contributed by atoms with Crippen LogP contribution in [-0.2, 0) is 0 Å². The molecule has 0 aromatic heterocycles. The van der Waals surface area contributed by atoms with Gasteiger partial charge in [0.2, 0.25) is 0 Å². The van der Waals surface area contributed by atoms with E-state index in [4.69, 9.17) is 0 Å². The predicted molar refractivity (Wildman–Crippen MR) is 126 cm³/mol. The average molecular weight is 409 g/mol. The van der Waals surface area contributed by atoms with Gasteiger partial charge in [-0.25, -0.2) is 0 Å². The molecule has 0 radical (unpaired) electrons. The molecule has 0 saturated carbocycles. The molecule has 0 bridgehead atoms. The molecule has 3 aromatic carbocycles. The molecule has 0 N–H and O–H groups in total. The topological polar surface area (TPSA) is 23.6 Å². The highest BCUT2D eigenvalue weighted by molar-refractivity contribution is 5.99. The Balaban J connectivity index is 1.24. The zero-order valence-electron chi connectivity index (χ0n) is 17.8. The first-order valence-corrected chi connectivity index (χ1v) is 11.2. The van der Waals surface area contributed by atoms with Crippen LogP contribution >= 0.6 is 0 Å². The number of fused-ring (bicyclic) bond motifs is 1. The Morgan fingerprint density at radius 1 is 0.806 bits per heavy atom. The number of hydrogen-bond donors (Lipinski definition) is 0. The van der Waals surface area contributed by atoms with Crippen LogP contribution in [0.2, 0.25) is 0 Å². The molecule has 3 heteroatoms. The molecule has 1 atom stereocenters. The summed E-state index contributed by atoms with van der Waals surface area (Å²) in [6.07, 6.45) is 4.44. The van der Waals surface area contributed by atoms with Gasteiger partial charge in [-0.15, -0.1) is 0 Å². The molecule has 0 fully saturated rings. The van der Waals surface area contributed by atoms with Crippen molar-refractivity contribution in [2.75, 3.05) is 26.2 Å². The van der Waals surface area contributed by atoms with Crippen LogP contribution in [0, 0.1) is 0 Å². The van der Waals surface area contributed by atoms with Crippen molar-refractivity contribution in [1.29, 1.82) is 0 Å². The van der Waals surface area contributed by atoms with Gasteiger partial charge < -0.3 is 4.90 Å². The highest BCUT2D eigenvalue weighted by Crippen LogP contribution is 2.38. The Morgan fingerprint density at radius 2 is 1.52 bits per heavy atom. The van der Waals surface area contributed by atoms with Crippen molar-refractivity contribution in [3.05, 3.63) is 113 Å². The molecule has 0 spiro atoms. The first-order chi connectivity index (χ1) is 15.3. The molecule has 0 saturated heterocycles. The fraction of sp³-hybridized carbons (Fsp3) is 0.250. The molecule has 3 aromatic rings. The van der Waals surface area contributed by atoms with Gasteiger partial charge in [-0.2, -0.15) is 0 Å². The number of rotatable bonds is 6. The molecule has 5 rings (SSSR count). The lowest BCUT2D eigenvalue weighted by Crippen LogP contribution is -2.34. The minimum Gasteiger partial charge on any atom is -0.327 e. The molecule has 2 aliphatic rings. The van der Waals surface area contributed by atoms with E-state index in [1.54, 1.807) is 0 Å². The number of nitrogens with zero attached hydrogens (tertiary/aromatic N) is 2. The minimum absolute atomic E-state index is 0.0239. The van der Waals surface area contributed by atoms with Crippen LogP contribution < -0.4 is 0 Å². The summed E-state index contributed by atoms with van der Waals surface area (Å²) in [5.41, 5.74) is 5.96. The maximum absolute atomic E-state index is 13.2. The summed E-state index contributed by atoms with van der Waals surface area (Å²) in [4.78, 5) is 17.7. The number of carbonyl (C=O) groups excluding carboxylic acids is 1. The summed E-state index contributed by atoms with van der Waals surface area (Å²) in [7, 11) is 0. The van der Waals surface area contributed by atoms with Crippen LogP contribution in [0.15, 0.2) is 91.0 Å². The lowest BCUT2D eigenvalue weighted by molar-refractivity contribution is 0.0741. The highest BCUT2D eigenvalue weighted by Gasteiger charge is 2.36. The Hall–Kier alpha value is -3.17. The van der Waals surface area contributed by atoms with Crippen molar-refractivity contribution in [1.82, 2.24) is 9.80 Å². The Bertz CT molecular complexity index is 1070. The van der Waals surface area contributed by atoms with E-state index in [1.165, 1.54) is 16.7 Å². The zero-order valence-corrected chi connectivity index (χ0v) is 17.8. The highest BCUT2D eigenvalue weighted by atomic mass is 16.2. The van der Waals surface area contributed by atoms with Crippen molar-refractivity contribution in [2.45, 2.75) is 18.9 Å². The molecule has 1 unspecified atom stereocenters. The third kappa shape index (κ3) is 4.06. The normalized spacial score (nSPS) is 18.7. The number of hydrogen-bond acceptors (Lipinski definition) is 2. The smallest absolute Gasteiger partial charge is 0.255 e. The molecular formula is C28H28N2O. The lowest BCUT2D eigenvalue weighted by Gasteiger charge is -2.29. The van der Waals surface area contributed by atoms with E-state index >= 15 is 0 Å². The van der Waals surface area contributed by atoms with Gasteiger partial charge in [0.25, 0.3) is 5.91 Å². The zero-order chi connectivity index (χ0) is 21.0. The Labute approximate surface area is 184 Å². The number of benzene rings is 3. The second kappa shape index (κ2) is 8.91. The van der Waals surface area contributed by atoms with E-state index in [0.29, 0.717) is 0 Å². The van der Waals surface area contributed by atoms with Crippen LogP contribution in [0.5, 0.6) is 0 Å². The van der Waals surface area contributed by atoms with Crippen LogP contribution in [0.4, 0.5) is 0 Å². The summed E-state index contributed by atoms with van der Waals surface area (Å²) in [5, 5.41) is 0. The van der Waals surface area contributed by atoms with Crippen LogP contribution in [0.3, 0.4) is 0 Å². The van der Waals surface area contributed by atoms with Crippen LogP contribution in [0.25, 0.3) is 5.57 Å². The van der Waals surface area contributed by atoms with E-state index in [1.807, 2.05) is 24.3 Å². The van der Waals surface area contributed by atoms with Crippen LogP contribution in [-0.4, -0.2) is 41.9 Å². The van der Waals surface area contributed by atoms with Gasteiger partial charge in [0.1, 0.15) is 0 Å². The summed E-state index contributed by atoms with van der Waals surface area (Å²) >= 11 is 0. The molecule has 0 aliphatic carbocycles. The quantitative estimate of drug-likeness (QED) is 0.544. The third-order valence-corrected chi connectivity index (χ3v) is 6.48. The molecule has 31 heavy (non-hydrogen) atoms. The Kier molecular flexibility index (Phi) is 5.68. The third-order valence-electron chi connectivity index (χ3n) is 6.48. The summed E-state index contributed by atoms with van der Waals surface area (Å²) < 4.78 is 0. The van der Waals surface area contributed by atoms with Gasteiger partial charge in [0.05, 0.1) is 6.04 Å². The number of carbonyl (C=O) groups is 1. The van der Waals surface area contributed by atoms with Crippen molar-refractivity contribution in [3.63, 3.8) is 0 Å². The van der Waals surface area contributed by atoms with Crippen LogP contribution in [0.1, 0.15) is 45.9 Å². The molecule has 1 amide bonds. The van der Waals surface area contributed by atoms with E-state index in [-0.39, 0.29) is 11.9 Å². The SMILES string of the molecule is O=C1c2ccccc2C(c2ccccc2)N1CCCN1CC=C(c2ccccc2)CC1. The summed E-state index contributed by atoms with van der Waals surface area (Å²) in [6, 6.07) is 29.2. The molecule has 3 nitrogen and oxygen atoms in total. The molecule has 2 aliphatic heterocycles. The summed E-state index contributed by atoms with van der Waals surface area (Å²) in [6.45, 7) is 3.86. The number of amides is 1. The van der Waals surface area contributed by atoms with Gasteiger partial charge in [-0.1, -0.05) is 84.9 Å². The first kappa shape index (κ1) is 19.8. The van der Waals surface area contributed by atoms with Crippen molar-refractivity contribution < 1.29 is 4.79 Å². The van der Waals surface area contributed by atoms with E-state index in [9.17, 15) is 4.79 Å². The van der Waals surface area contributed by atoms with Gasteiger partial charge in [0, 0.05) is 31.7 Å². The summed E-state index contributed by atoms with van der Waals surface area (Å²) in [5.74, 6) is 0.161. The maximum atomic E-state index is 13.2. The van der Waals surface area contributed by atoms with E-state index in [0.717, 1.165) is 50.1 Å². The fourth-order valence-electron chi connectivity index (χ4n) is 4.89. The van der Waals surface area contributed by atoms with E-state index < -0.39 is 0 Å². The van der Waals surface area contributed by atoms with Crippen molar-refractivity contribution >= 4 is 11.5 Å². The van der Waals surface area contributed by atoms with Gasteiger partial charge in [-0.05, 0) is 41.2 Å². The minimum atomic E-state index is 0.0239. The Morgan fingerprint density at radius 3 is 2.26 bits per heavy atom. The lowest BCUT2D eigenvalue weighted by atomic mass is 9.98. The fourth-order valence-corrected chi connectivity index (χ4v) is 4.89. The average Bonchev–Trinajstić information content (AvgIpc) is 3.12. The second-order valence-electron chi connectivity index (χ2n) is 8.40. The second-order valence-corrected chi connectivity index (χ2v) is 8.40. The maximum Gasteiger partial charge on any atom is 0.255 e. The standard InChI is InChI=1S/C28H28N2O/c31-28-26-15-8-7-14-25(26)27(24-12-5-2-6-13-24)30(28)19-9-18-29-20-16-23(17-21-29)22-10-3-1-4-11-22/h1-8,10-16,27H,9,17-21H2. The van der Waals surface area contributed by atoms with Crippen molar-refractivity contribution in [3.8, 4) is 0 Å². The predicted octanol–water partition coefficient (Wildman–Crippen LogP) is 5.41. The van der Waals surface area contributed by atoms with Gasteiger partial charge in [-0.3, -0.25) is 9.69 Å². The molecule has 2 heterocycles. The van der Waals surface area contributed by atoms with Gasteiger partial charge >= 0.3 is 0 Å². The monoisotopic (exact) mass is 408 g/mol.